The van der Waals surface area contributed by atoms with Crippen molar-refractivity contribution in [3.8, 4) is 5.88 Å². The number of aromatic nitrogens is 2. The van der Waals surface area contributed by atoms with Crippen LogP contribution in [0.3, 0.4) is 0 Å². The van der Waals surface area contributed by atoms with E-state index < -0.39 is 0 Å². The molecule has 1 fully saturated rings. The molecule has 1 N–H and O–H groups in total. The van der Waals surface area contributed by atoms with E-state index in [2.05, 4.69) is 40.6 Å². The predicted molar refractivity (Wildman–Crippen MR) is 88.2 cm³/mol. The van der Waals surface area contributed by atoms with Gasteiger partial charge in [0, 0.05) is 6.54 Å². The van der Waals surface area contributed by atoms with Crippen LogP contribution in [0.25, 0.3) is 10.2 Å². The number of fused-ring (bicyclic) bond motifs is 1. The van der Waals surface area contributed by atoms with Crippen LogP contribution in [0.4, 0.5) is 5.95 Å². The molecule has 2 atom stereocenters. The molecule has 0 radical (unpaired) electrons. The monoisotopic (exact) mass is 305 g/mol. The third-order valence-electron chi connectivity index (χ3n) is 4.12. The first kappa shape index (κ1) is 14.6. The third-order valence-corrected chi connectivity index (χ3v) is 4.93. The van der Waals surface area contributed by atoms with Crippen LogP contribution in [0.1, 0.15) is 46.0 Å². The van der Waals surface area contributed by atoms with E-state index in [1.54, 1.807) is 11.3 Å². The zero-order valence-corrected chi connectivity index (χ0v) is 13.6. The average Bonchev–Trinajstić information content (AvgIpc) is 2.96. The smallest absolute Gasteiger partial charge is 0.227 e. The quantitative estimate of drug-likeness (QED) is 0.885. The summed E-state index contributed by atoms with van der Waals surface area (Å²) in [7, 11) is 0. The summed E-state index contributed by atoms with van der Waals surface area (Å²) in [6, 6.07) is 2.06. The van der Waals surface area contributed by atoms with E-state index in [1.165, 1.54) is 19.3 Å². The fraction of sp³-hybridized carbons (Fsp3) is 0.625. The van der Waals surface area contributed by atoms with E-state index >= 15 is 0 Å². The van der Waals surface area contributed by atoms with Crippen LogP contribution in [-0.2, 0) is 0 Å². The number of rotatable bonds is 5. The lowest BCUT2D eigenvalue weighted by Crippen LogP contribution is -2.28. The Balaban J connectivity index is 1.86. The zero-order chi connectivity index (χ0) is 14.7. The molecule has 0 aromatic carbocycles. The minimum absolute atomic E-state index is 0.288. The molecule has 0 spiro atoms. The van der Waals surface area contributed by atoms with Crippen molar-refractivity contribution in [2.24, 2.45) is 5.92 Å². The Bertz CT molecular complexity index is 598. The molecule has 0 amide bonds. The zero-order valence-electron chi connectivity index (χ0n) is 12.8. The second-order valence-electron chi connectivity index (χ2n) is 5.84. The number of hydrogen-bond acceptors (Lipinski definition) is 5. The van der Waals surface area contributed by atoms with Crippen LogP contribution in [-0.4, -0.2) is 22.6 Å². The molecule has 4 nitrogen and oxygen atoms in total. The van der Waals surface area contributed by atoms with E-state index in [1.807, 2.05) is 0 Å². The lowest BCUT2D eigenvalue weighted by Gasteiger charge is -2.29. The van der Waals surface area contributed by atoms with Gasteiger partial charge in [-0.2, -0.15) is 4.98 Å². The second-order valence-corrected chi connectivity index (χ2v) is 6.73. The van der Waals surface area contributed by atoms with Crippen molar-refractivity contribution < 1.29 is 4.74 Å². The normalized spacial score (nSPS) is 22.4. The van der Waals surface area contributed by atoms with E-state index in [0.29, 0.717) is 11.9 Å². The Morgan fingerprint density at radius 1 is 1.33 bits per heavy atom. The molecule has 0 aliphatic heterocycles. The molecule has 2 unspecified atom stereocenters. The van der Waals surface area contributed by atoms with Gasteiger partial charge < -0.3 is 10.1 Å². The highest BCUT2D eigenvalue weighted by Crippen LogP contribution is 2.33. The van der Waals surface area contributed by atoms with Crippen molar-refractivity contribution >= 4 is 27.5 Å². The van der Waals surface area contributed by atoms with Gasteiger partial charge in [-0.05, 0) is 43.0 Å². The molecule has 3 rings (SSSR count). The maximum Gasteiger partial charge on any atom is 0.227 e. The highest BCUT2D eigenvalue weighted by molar-refractivity contribution is 7.16. The number of ether oxygens (including phenoxy) is 1. The number of nitrogens with one attached hydrogen (secondary N) is 1. The van der Waals surface area contributed by atoms with Crippen LogP contribution < -0.4 is 10.1 Å². The summed E-state index contributed by atoms with van der Waals surface area (Å²) in [6.45, 7) is 5.31. The maximum atomic E-state index is 6.28. The largest absolute Gasteiger partial charge is 0.473 e. The van der Waals surface area contributed by atoms with Crippen LogP contribution in [0.5, 0.6) is 5.88 Å². The van der Waals surface area contributed by atoms with Crippen molar-refractivity contribution in [3.05, 3.63) is 11.4 Å². The molecule has 1 aliphatic rings. The molecule has 2 heterocycles. The number of hydrogen-bond donors (Lipinski definition) is 1. The first-order valence-corrected chi connectivity index (χ1v) is 8.81. The van der Waals surface area contributed by atoms with Crippen molar-refractivity contribution in [1.82, 2.24) is 9.97 Å². The molecule has 0 saturated heterocycles. The summed E-state index contributed by atoms with van der Waals surface area (Å²) in [4.78, 5) is 10.2. The molecule has 21 heavy (non-hydrogen) atoms. The summed E-state index contributed by atoms with van der Waals surface area (Å²) in [6.07, 6.45) is 6.31. The minimum atomic E-state index is 0.288. The van der Waals surface area contributed by atoms with Gasteiger partial charge in [0.1, 0.15) is 10.9 Å². The molecule has 2 aromatic heterocycles. The topological polar surface area (TPSA) is 47.0 Å². The fourth-order valence-electron chi connectivity index (χ4n) is 2.83. The summed E-state index contributed by atoms with van der Waals surface area (Å²) < 4.78 is 6.28. The van der Waals surface area contributed by atoms with Gasteiger partial charge in [-0.15, -0.1) is 11.3 Å². The SMILES string of the molecule is CCCNc1nc(OC2CCCCC2C)c2ccsc2n1. The van der Waals surface area contributed by atoms with E-state index in [4.69, 9.17) is 4.74 Å². The van der Waals surface area contributed by atoms with Gasteiger partial charge in [0.2, 0.25) is 11.8 Å². The Hall–Kier alpha value is -1.36. The van der Waals surface area contributed by atoms with E-state index in [0.717, 1.165) is 35.5 Å². The molecule has 2 aromatic rings. The van der Waals surface area contributed by atoms with Gasteiger partial charge in [0.15, 0.2) is 0 Å². The highest BCUT2D eigenvalue weighted by Gasteiger charge is 2.24. The summed E-state index contributed by atoms with van der Waals surface area (Å²) in [5.74, 6) is 2.04. The molecule has 0 bridgehead atoms. The van der Waals surface area contributed by atoms with E-state index in [-0.39, 0.29) is 6.10 Å². The van der Waals surface area contributed by atoms with Gasteiger partial charge in [0.25, 0.3) is 0 Å². The Labute approximate surface area is 129 Å². The maximum absolute atomic E-state index is 6.28. The number of nitrogens with zero attached hydrogens (tertiary/aromatic N) is 2. The Morgan fingerprint density at radius 3 is 3.00 bits per heavy atom. The predicted octanol–water partition coefficient (Wildman–Crippen LogP) is 4.47. The summed E-state index contributed by atoms with van der Waals surface area (Å²) in [5.41, 5.74) is 0. The number of thiophene rings is 1. The van der Waals surface area contributed by atoms with Gasteiger partial charge in [-0.3, -0.25) is 0 Å². The third kappa shape index (κ3) is 3.28. The van der Waals surface area contributed by atoms with Crippen LogP contribution >= 0.6 is 11.3 Å². The van der Waals surface area contributed by atoms with Gasteiger partial charge in [0.05, 0.1) is 5.39 Å². The first-order valence-electron chi connectivity index (χ1n) is 7.93. The average molecular weight is 305 g/mol. The Kier molecular flexibility index (Phi) is 4.58. The number of anilines is 1. The van der Waals surface area contributed by atoms with Gasteiger partial charge >= 0.3 is 0 Å². The minimum Gasteiger partial charge on any atom is -0.473 e. The molecular weight excluding hydrogens is 282 g/mol. The molecule has 5 heteroatoms. The van der Waals surface area contributed by atoms with Crippen LogP contribution in [0.15, 0.2) is 11.4 Å². The van der Waals surface area contributed by atoms with Crippen molar-refractivity contribution in [1.29, 1.82) is 0 Å². The molecular formula is C16H23N3OS. The standard InChI is InChI=1S/C16H23N3OS/c1-3-9-17-16-18-14(12-8-10-21-15(12)19-16)20-13-7-5-4-6-11(13)2/h8,10-11,13H,3-7,9H2,1-2H3,(H,17,18,19). The van der Waals surface area contributed by atoms with Gasteiger partial charge in [-0.25, -0.2) is 4.98 Å². The first-order chi connectivity index (χ1) is 10.3. The van der Waals surface area contributed by atoms with Crippen molar-refractivity contribution in [2.45, 2.75) is 52.1 Å². The lowest BCUT2D eigenvalue weighted by atomic mass is 9.88. The highest BCUT2D eigenvalue weighted by atomic mass is 32.1. The second kappa shape index (κ2) is 6.60. The Morgan fingerprint density at radius 2 is 2.19 bits per heavy atom. The molecule has 1 aliphatic carbocycles. The van der Waals surface area contributed by atoms with Gasteiger partial charge in [-0.1, -0.05) is 20.3 Å². The van der Waals surface area contributed by atoms with Crippen LogP contribution in [0, 0.1) is 5.92 Å². The lowest BCUT2D eigenvalue weighted by molar-refractivity contribution is 0.0994. The van der Waals surface area contributed by atoms with Crippen molar-refractivity contribution in [3.63, 3.8) is 0 Å². The summed E-state index contributed by atoms with van der Waals surface area (Å²) in [5, 5.41) is 6.37. The molecule has 114 valence electrons. The van der Waals surface area contributed by atoms with Crippen molar-refractivity contribution in [2.75, 3.05) is 11.9 Å². The van der Waals surface area contributed by atoms with E-state index in [9.17, 15) is 0 Å². The molecule has 1 saturated carbocycles. The van der Waals surface area contributed by atoms with Crippen LogP contribution in [0.2, 0.25) is 0 Å². The fourth-order valence-corrected chi connectivity index (χ4v) is 3.59. The summed E-state index contributed by atoms with van der Waals surface area (Å²) >= 11 is 1.64.